The quantitative estimate of drug-likeness (QED) is 0.622. The highest BCUT2D eigenvalue weighted by Gasteiger charge is 2.35. The number of nitrogens with one attached hydrogen (secondary N) is 1. The molecule has 2 amide bonds. The number of halogens is 1. The van der Waals surface area contributed by atoms with Crippen molar-refractivity contribution in [3.63, 3.8) is 0 Å². The molecule has 2 aromatic carbocycles. The molecule has 1 fully saturated rings. The first-order valence-corrected chi connectivity index (χ1v) is 9.79. The van der Waals surface area contributed by atoms with E-state index in [1.807, 2.05) is 0 Å². The summed E-state index contributed by atoms with van der Waals surface area (Å²) >= 11 is 5.92. The van der Waals surface area contributed by atoms with Gasteiger partial charge in [-0.3, -0.25) is 14.9 Å². The zero-order valence-corrected chi connectivity index (χ0v) is 17.5. The summed E-state index contributed by atoms with van der Waals surface area (Å²) < 4.78 is 16.0. The van der Waals surface area contributed by atoms with Gasteiger partial charge in [-0.25, -0.2) is 0 Å². The zero-order chi connectivity index (χ0) is 22.0. The maximum atomic E-state index is 12.5. The third kappa shape index (κ3) is 4.31. The lowest BCUT2D eigenvalue weighted by Crippen LogP contribution is -2.24. The molecular weight excluding hydrogens is 424 g/mol. The van der Waals surface area contributed by atoms with E-state index in [0.717, 1.165) is 5.69 Å². The summed E-state index contributed by atoms with van der Waals surface area (Å²) in [5.41, 5.74) is 1.08. The van der Waals surface area contributed by atoms with Gasteiger partial charge in [0.15, 0.2) is 11.5 Å². The third-order valence-corrected chi connectivity index (χ3v) is 5.17. The highest BCUT2D eigenvalue weighted by molar-refractivity contribution is 6.30. The second-order valence-corrected chi connectivity index (χ2v) is 7.29. The van der Waals surface area contributed by atoms with Crippen LogP contribution in [0.15, 0.2) is 46.9 Å². The third-order valence-electron chi connectivity index (χ3n) is 4.92. The van der Waals surface area contributed by atoms with Crippen LogP contribution in [0.5, 0.6) is 11.5 Å². The van der Waals surface area contributed by atoms with Crippen LogP contribution in [-0.2, 0) is 4.79 Å². The molecule has 4 rings (SSSR count). The lowest BCUT2D eigenvalue weighted by molar-refractivity contribution is -0.117. The average molecular weight is 443 g/mol. The Hall–Kier alpha value is -3.59. The molecule has 160 valence electrons. The second-order valence-electron chi connectivity index (χ2n) is 6.85. The van der Waals surface area contributed by atoms with Gasteiger partial charge in [0.2, 0.25) is 11.8 Å². The van der Waals surface area contributed by atoms with E-state index >= 15 is 0 Å². The predicted molar refractivity (Wildman–Crippen MR) is 113 cm³/mol. The van der Waals surface area contributed by atoms with E-state index < -0.39 is 5.91 Å². The van der Waals surface area contributed by atoms with Gasteiger partial charge in [0.05, 0.1) is 20.1 Å². The molecule has 10 heteroatoms. The Bertz CT molecular complexity index is 1120. The minimum absolute atomic E-state index is 0.0489. The molecule has 1 saturated heterocycles. The van der Waals surface area contributed by atoms with Crippen molar-refractivity contribution in [3.8, 4) is 11.5 Å². The van der Waals surface area contributed by atoms with Crippen molar-refractivity contribution in [1.82, 2.24) is 10.2 Å². The van der Waals surface area contributed by atoms with Crippen molar-refractivity contribution >= 4 is 35.1 Å². The Morgan fingerprint density at radius 1 is 1.13 bits per heavy atom. The summed E-state index contributed by atoms with van der Waals surface area (Å²) in [6.07, 6.45) is 0.230. The van der Waals surface area contributed by atoms with Crippen LogP contribution in [0.3, 0.4) is 0 Å². The Morgan fingerprint density at radius 3 is 2.58 bits per heavy atom. The predicted octanol–water partition coefficient (Wildman–Crippen LogP) is 3.51. The number of nitrogens with zero attached hydrogens (tertiary/aromatic N) is 3. The molecule has 3 aromatic rings. The SMILES string of the molecule is COc1ccc(C(=O)Nc2nnc([C@@H]3CC(=O)N(c4ccc(Cl)cc4)C3)o2)cc1OC. The number of ether oxygens (including phenoxy) is 2. The standard InChI is InChI=1S/C21H19ClN4O5/c1-29-16-8-3-12(9-17(16)30-2)19(28)23-21-25-24-20(31-21)13-10-18(27)26(11-13)15-6-4-14(22)5-7-15/h3-9,13H,10-11H2,1-2H3,(H,23,25,28)/t13-/m1/s1. The monoisotopic (exact) mass is 442 g/mol. The molecule has 0 aliphatic carbocycles. The van der Waals surface area contributed by atoms with E-state index in [0.29, 0.717) is 28.6 Å². The van der Waals surface area contributed by atoms with E-state index in [9.17, 15) is 9.59 Å². The molecule has 0 unspecified atom stereocenters. The molecule has 1 atom stereocenters. The smallest absolute Gasteiger partial charge is 0.322 e. The molecule has 1 N–H and O–H groups in total. The van der Waals surface area contributed by atoms with Gasteiger partial charge < -0.3 is 18.8 Å². The lowest BCUT2D eigenvalue weighted by atomic mass is 10.1. The first-order chi connectivity index (χ1) is 15.0. The fraction of sp³-hybridized carbons (Fsp3) is 0.238. The molecular formula is C21H19ClN4O5. The Morgan fingerprint density at radius 2 is 1.87 bits per heavy atom. The topological polar surface area (TPSA) is 107 Å². The molecule has 9 nitrogen and oxygen atoms in total. The number of carbonyl (C=O) groups is 2. The molecule has 31 heavy (non-hydrogen) atoms. The molecule has 0 spiro atoms. The molecule has 0 bridgehead atoms. The van der Waals surface area contributed by atoms with Gasteiger partial charge in [0.1, 0.15) is 0 Å². The highest BCUT2D eigenvalue weighted by Crippen LogP contribution is 2.32. The number of hydrogen-bond acceptors (Lipinski definition) is 7. The number of anilines is 2. The average Bonchev–Trinajstić information content (AvgIpc) is 3.40. The van der Waals surface area contributed by atoms with Gasteiger partial charge in [-0.05, 0) is 42.5 Å². The number of amides is 2. The highest BCUT2D eigenvalue weighted by atomic mass is 35.5. The fourth-order valence-corrected chi connectivity index (χ4v) is 3.47. The summed E-state index contributed by atoms with van der Waals surface area (Å²) in [5, 5.41) is 11.1. The minimum Gasteiger partial charge on any atom is -0.493 e. The summed E-state index contributed by atoms with van der Waals surface area (Å²) in [4.78, 5) is 26.6. The number of methoxy groups -OCH3 is 2. The summed E-state index contributed by atoms with van der Waals surface area (Å²) in [6, 6.07) is 11.7. The molecule has 1 aliphatic rings. The van der Waals surface area contributed by atoms with Crippen molar-refractivity contribution in [2.45, 2.75) is 12.3 Å². The van der Waals surface area contributed by atoms with Crippen LogP contribution in [0.25, 0.3) is 0 Å². The number of hydrogen-bond donors (Lipinski definition) is 1. The Kier molecular flexibility index (Phi) is 5.77. The van der Waals surface area contributed by atoms with Crippen LogP contribution in [0.1, 0.15) is 28.6 Å². The molecule has 0 saturated carbocycles. The van der Waals surface area contributed by atoms with Crippen LogP contribution in [0.2, 0.25) is 5.02 Å². The van der Waals surface area contributed by atoms with Gasteiger partial charge in [0, 0.05) is 29.2 Å². The van der Waals surface area contributed by atoms with E-state index in [1.54, 1.807) is 47.4 Å². The largest absolute Gasteiger partial charge is 0.493 e. The molecule has 1 aliphatic heterocycles. The Balaban J connectivity index is 1.44. The van der Waals surface area contributed by atoms with Crippen LogP contribution in [0, 0.1) is 0 Å². The van der Waals surface area contributed by atoms with Crippen LogP contribution >= 0.6 is 11.6 Å². The van der Waals surface area contributed by atoms with Gasteiger partial charge >= 0.3 is 6.01 Å². The van der Waals surface area contributed by atoms with E-state index in [-0.39, 0.29) is 30.2 Å². The van der Waals surface area contributed by atoms with Crippen LogP contribution in [0.4, 0.5) is 11.7 Å². The summed E-state index contributed by atoms with van der Waals surface area (Å²) in [7, 11) is 3.00. The van der Waals surface area contributed by atoms with Gasteiger partial charge in [0.25, 0.3) is 5.91 Å². The van der Waals surface area contributed by atoms with E-state index in [2.05, 4.69) is 15.5 Å². The van der Waals surface area contributed by atoms with Crippen molar-refractivity contribution in [2.75, 3.05) is 31.0 Å². The zero-order valence-electron chi connectivity index (χ0n) is 16.8. The van der Waals surface area contributed by atoms with Gasteiger partial charge in [-0.2, -0.15) is 0 Å². The molecule has 0 radical (unpaired) electrons. The number of carbonyl (C=O) groups excluding carboxylic acids is 2. The molecule has 1 aromatic heterocycles. The second kappa shape index (κ2) is 8.65. The number of rotatable bonds is 6. The summed E-state index contributed by atoms with van der Waals surface area (Å²) in [6.45, 7) is 0.395. The first-order valence-electron chi connectivity index (χ1n) is 9.41. The van der Waals surface area contributed by atoms with E-state index in [1.165, 1.54) is 14.2 Å². The van der Waals surface area contributed by atoms with Crippen LogP contribution < -0.4 is 19.7 Å². The Labute approximate surface area is 182 Å². The number of aromatic nitrogens is 2. The normalized spacial score (nSPS) is 15.8. The van der Waals surface area contributed by atoms with Crippen LogP contribution in [-0.4, -0.2) is 42.8 Å². The molecule has 2 heterocycles. The van der Waals surface area contributed by atoms with Crippen molar-refractivity contribution in [1.29, 1.82) is 0 Å². The van der Waals surface area contributed by atoms with Crippen molar-refractivity contribution in [2.24, 2.45) is 0 Å². The van der Waals surface area contributed by atoms with Crippen molar-refractivity contribution in [3.05, 3.63) is 58.9 Å². The maximum absolute atomic E-state index is 12.5. The number of benzene rings is 2. The maximum Gasteiger partial charge on any atom is 0.322 e. The fourth-order valence-electron chi connectivity index (χ4n) is 3.34. The summed E-state index contributed by atoms with van der Waals surface area (Å²) in [5.74, 6) is 0.445. The first kappa shape index (κ1) is 20.7. The minimum atomic E-state index is -0.443. The lowest BCUT2D eigenvalue weighted by Gasteiger charge is -2.16. The van der Waals surface area contributed by atoms with Crippen molar-refractivity contribution < 1.29 is 23.5 Å². The van der Waals surface area contributed by atoms with Gasteiger partial charge in [-0.1, -0.05) is 16.7 Å². The van der Waals surface area contributed by atoms with Gasteiger partial charge in [-0.15, -0.1) is 5.10 Å². The van der Waals surface area contributed by atoms with E-state index in [4.69, 9.17) is 25.5 Å².